The van der Waals surface area contributed by atoms with Gasteiger partial charge >= 0.3 is 0 Å². The van der Waals surface area contributed by atoms with Crippen molar-refractivity contribution in [3.8, 4) is 11.5 Å². The lowest BCUT2D eigenvalue weighted by Gasteiger charge is -2.33. The number of likely N-dealkylation sites (tertiary alicyclic amines) is 1. The molecule has 1 saturated heterocycles. The summed E-state index contributed by atoms with van der Waals surface area (Å²) in [6.45, 7) is 3.81. The summed E-state index contributed by atoms with van der Waals surface area (Å²) in [5.41, 5.74) is 3.96. The lowest BCUT2D eigenvalue weighted by atomic mass is 9.98. The number of fused-ring (bicyclic) bond motifs is 1. The Kier molecular flexibility index (Phi) is 6.05. The highest BCUT2D eigenvalue weighted by atomic mass is 16.5. The van der Waals surface area contributed by atoms with Crippen LogP contribution in [-0.2, 0) is 24.2 Å². The van der Waals surface area contributed by atoms with Gasteiger partial charge in [0.05, 0.1) is 14.2 Å². The van der Waals surface area contributed by atoms with E-state index in [2.05, 4.69) is 29.2 Å². The van der Waals surface area contributed by atoms with E-state index in [1.807, 2.05) is 23.1 Å². The van der Waals surface area contributed by atoms with Crippen molar-refractivity contribution in [1.29, 1.82) is 0 Å². The van der Waals surface area contributed by atoms with Crippen LogP contribution in [0.15, 0.2) is 42.5 Å². The largest absolute Gasteiger partial charge is 0.497 e. The van der Waals surface area contributed by atoms with Gasteiger partial charge in [0.2, 0.25) is 5.91 Å². The Morgan fingerprint density at radius 1 is 1.07 bits per heavy atom. The summed E-state index contributed by atoms with van der Waals surface area (Å²) in [6, 6.07) is 15.0. The second-order valence-electron chi connectivity index (χ2n) is 7.95. The summed E-state index contributed by atoms with van der Waals surface area (Å²) in [4.78, 5) is 17.4. The number of hydrogen-bond acceptors (Lipinski definition) is 4. The molecule has 0 saturated carbocycles. The van der Waals surface area contributed by atoms with Gasteiger partial charge in [0.25, 0.3) is 0 Å². The van der Waals surface area contributed by atoms with Crippen LogP contribution >= 0.6 is 0 Å². The van der Waals surface area contributed by atoms with E-state index in [9.17, 15) is 4.79 Å². The Morgan fingerprint density at radius 2 is 1.90 bits per heavy atom. The summed E-state index contributed by atoms with van der Waals surface area (Å²) in [6.07, 6.45) is 3.38. The molecule has 1 fully saturated rings. The summed E-state index contributed by atoms with van der Waals surface area (Å²) < 4.78 is 10.7. The van der Waals surface area contributed by atoms with Crippen molar-refractivity contribution in [2.45, 2.75) is 38.3 Å². The molecule has 0 bridgehead atoms. The summed E-state index contributed by atoms with van der Waals surface area (Å²) in [5, 5.41) is 0. The van der Waals surface area contributed by atoms with E-state index in [-0.39, 0.29) is 5.91 Å². The average molecular weight is 395 g/mol. The molecule has 0 aliphatic carbocycles. The summed E-state index contributed by atoms with van der Waals surface area (Å²) in [5.74, 6) is 1.79. The fraction of sp³-hybridized carbons (Fsp3) is 0.458. The third-order valence-corrected chi connectivity index (χ3v) is 6.30. The molecule has 2 aromatic rings. The van der Waals surface area contributed by atoms with Crippen LogP contribution in [0.1, 0.15) is 29.5 Å². The number of carbonyl (C=O) groups is 1. The zero-order valence-corrected chi connectivity index (χ0v) is 17.4. The number of hydrogen-bond donors (Lipinski definition) is 0. The molecule has 5 heteroatoms. The molecule has 1 amide bonds. The molecule has 154 valence electrons. The summed E-state index contributed by atoms with van der Waals surface area (Å²) in [7, 11) is 3.30. The van der Waals surface area contributed by atoms with Crippen molar-refractivity contribution >= 4 is 5.91 Å². The molecule has 2 aliphatic heterocycles. The minimum Gasteiger partial charge on any atom is -0.497 e. The molecule has 2 heterocycles. The van der Waals surface area contributed by atoms with Crippen LogP contribution < -0.4 is 9.47 Å². The molecule has 0 aromatic heterocycles. The lowest BCUT2D eigenvalue weighted by Crippen LogP contribution is -2.41. The van der Waals surface area contributed by atoms with Gasteiger partial charge in [0.15, 0.2) is 0 Å². The SMILES string of the molecule is COc1ccc(CCC(=O)N2CCC(N3CCc4ccccc4C3)C2)c(OC)c1. The molecule has 0 N–H and O–H groups in total. The highest BCUT2D eigenvalue weighted by molar-refractivity contribution is 5.77. The van der Waals surface area contributed by atoms with E-state index in [0.29, 0.717) is 18.9 Å². The summed E-state index contributed by atoms with van der Waals surface area (Å²) >= 11 is 0. The molecule has 2 aliphatic rings. The highest BCUT2D eigenvalue weighted by Crippen LogP contribution is 2.27. The number of carbonyl (C=O) groups excluding carboxylic acids is 1. The van der Waals surface area contributed by atoms with Crippen LogP contribution in [0.5, 0.6) is 11.5 Å². The van der Waals surface area contributed by atoms with Gasteiger partial charge in [0, 0.05) is 44.7 Å². The van der Waals surface area contributed by atoms with E-state index >= 15 is 0 Å². The third-order valence-electron chi connectivity index (χ3n) is 6.30. The van der Waals surface area contributed by atoms with Gasteiger partial charge in [-0.05, 0) is 42.0 Å². The maximum absolute atomic E-state index is 12.8. The number of benzene rings is 2. The number of rotatable bonds is 6. The minimum atomic E-state index is 0.239. The Bertz CT molecular complexity index is 867. The molecule has 0 radical (unpaired) electrons. The van der Waals surface area contributed by atoms with Crippen molar-refractivity contribution in [3.63, 3.8) is 0 Å². The van der Waals surface area contributed by atoms with Crippen molar-refractivity contribution in [1.82, 2.24) is 9.80 Å². The number of aryl methyl sites for hydroxylation is 1. The number of ether oxygens (including phenoxy) is 2. The van der Waals surface area contributed by atoms with Crippen LogP contribution in [0, 0.1) is 0 Å². The van der Waals surface area contributed by atoms with Gasteiger partial charge in [-0.1, -0.05) is 30.3 Å². The van der Waals surface area contributed by atoms with Gasteiger partial charge in [0.1, 0.15) is 11.5 Å². The Morgan fingerprint density at radius 3 is 2.69 bits per heavy atom. The first-order valence-electron chi connectivity index (χ1n) is 10.5. The van der Waals surface area contributed by atoms with Crippen molar-refractivity contribution in [2.75, 3.05) is 33.9 Å². The molecule has 5 nitrogen and oxygen atoms in total. The molecule has 4 rings (SSSR count). The molecule has 2 aromatic carbocycles. The van der Waals surface area contributed by atoms with Gasteiger partial charge in [-0.25, -0.2) is 0 Å². The van der Waals surface area contributed by atoms with Crippen LogP contribution in [-0.4, -0.2) is 55.6 Å². The topological polar surface area (TPSA) is 42.0 Å². The first-order chi connectivity index (χ1) is 14.2. The van der Waals surface area contributed by atoms with Crippen molar-refractivity contribution in [3.05, 3.63) is 59.2 Å². The lowest BCUT2D eigenvalue weighted by molar-refractivity contribution is -0.130. The maximum atomic E-state index is 12.8. The van der Waals surface area contributed by atoms with Crippen LogP contribution in [0.25, 0.3) is 0 Å². The van der Waals surface area contributed by atoms with E-state index < -0.39 is 0 Å². The zero-order chi connectivity index (χ0) is 20.2. The molecule has 1 unspecified atom stereocenters. The first kappa shape index (κ1) is 19.8. The fourth-order valence-electron chi connectivity index (χ4n) is 4.55. The second-order valence-corrected chi connectivity index (χ2v) is 7.95. The van der Waals surface area contributed by atoms with E-state index in [0.717, 1.165) is 56.1 Å². The monoisotopic (exact) mass is 394 g/mol. The van der Waals surface area contributed by atoms with Crippen molar-refractivity contribution in [2.24, 2.45) is 0 Å². The molecule has 1 atom stereocenters. The van der Waals surface area contributed by atoms with E-state index in [1.165, 1.54) is 11.1 Å². The normalized spacial score (nSPS) is 19.1. The number of nitrogens with zero attached hydrogens (tertiary/aromatic N) is 2. The third kappa shape index (κ3) is 4.40. The Balaban J connectivity index is 1.31. The fourth-order valence-corrected chi connectivity index (χ4v) is 4.55. The van der Waals surface area contributed by atoms with Crippen LogP contribution in [0.4, 0.5) is 0 Å². The van der Waals surface area contributed by atoms with Gasteiger partial charge in [-0.15, -0.1) is 0 Å². The van der Waals surface area contributed by atoms with Crippen molar-refractivity contribution < 1.29 is 14.3 Å². The van der Waals surface area contributed by atoms with Crippen LogP contribution in [0.3, 0.4) is 0 Å². The Labute approximate surface area is 173 Å². The molecule has 0 spiro atoms. The zero-order valence-electron chi connectivity index (χ0n) is 17.4. The van der Waals surface area contributed by atoms with Gasteiger partial charge in [-0.3, -0.25) is 9.69 Å². The van der Waals surface area contributed by atoms with E-state index in [1.54, 1.807) is 14.2 Å². The standard InChI is InChI=1S/C24H30N2O3/c1-28-22-9-7-19(23(15-22)29-2)8-10-24(27)26-14-12-21(17-26)25-13-11-18-5-3-4-6-20(18)16-25/h3-7,9,15,21H,8,10-14,16-17H2,1-2H3. The van der Waals surface area contributed by atoms with Gasteiger partial charge < -0.3 is 14.4 Å². The predicted octanol–water partition coefficient (Wildman–Crippen LogP) is 3.30. The number of amides is 1. The second kappa shape index (κ2) is 8.87. The number of methoxy groups -OCH3 is 2. The van der Waals surface area contributed by atoms with Gasteiger partial charge in [-0.2, -0.15) is 0 Å². The highest BCUT2D eigenvalue weighted by Gasteiger charge is 2.31. The maximum Gasteiger partial charge on any atom is 0.222 e. The minimum absolute atomic E-state index is 0.239. The molecular formula is C24H30N2O3. The Hall–Kier alpha value is -2.53. The van der Waals surface area contributed by atoms with Crippen LogP contribution in [0.2, 0.25) is 0 Å². The smallest absolute Gasteiger partial charge is 0.222 e. The quantitative estimate of drug-likeness (QED) is 0.754. The average Bonchev–Trinajstić information content (AvgIpc) is 3.27. The first-order valence-corrected chi connectivity index (χ1v) is 10.5. The van der Waals surface area contributed by atoms with E-state index in [4.69, 9.17) is 9.47 Å². The predicted molar refractivity (Wildman–Crippen MR) is 113 cm³/mol. The molecular weight excluding hydrogens is 364 g/mol. The molecule has 29 heavy (non-hydrogen) atoms.